The van der Waals surface area contributed by atoms with Crippen LogP contribution in [0.3, 0.4) is 0 Å². The fourth-order valence-electron chi connectivity index (χ4n) is 1.75. The summed E-state index contributed by atoms with van der Waals surface area (Å²) < 4.78 is 5.46. The first kappa shape index (κ1) is 14.3. The van der Waals surface area contributed by atoms with Gasteiger partial charge in [-0.2, -0.15) is 4.98 Å². The highest BCUT2D eigenvalue weighted by atomic mass is 16.5. The van der Waals surface area contributed by atoms with Crippen molar-refractivity contribution in [2.45, 2.75) is 19.8 Å². The van der Waals surface area contributed by atoms with Crippen molar-refractivity contribution in [1.82, 2.24) is 9.97 Å². The maximum atomic E-state index is 5.53. The molecule has 106 valence electrons. The third-order valence-electron chi connectivity index (χ3n) is 2.73. The minimum atomic E-state index is 0.539. The zero-order chi connectivity index (χ0) is 14.2. The number of hydrogen-bond acceptors (Lipinski definition) is 5. The lowest BCUT2D eigenvalue weighted by Crippen LogP contribution is -2.03. The molecule has 0 radical (unpaired) electrons. The van der Waals surface area contributed by atoms with Gasteiger partial charge in [-0.05, 0) is 37.1 Å². The lowest BCUT2D eigenvalue weighted by Gasteiger charge is -2.08. The SMILES string of the molecule is CCCOc1cncc(Nc2ccc(CCN)cc2)n1. The van der Waals surface area contributed by atoms with Crippen LogP contribution in [0, 0.1) is 0 Å². The highest BCUT2D eigenvalue weighted by Gasteiger charge is 2.00. The zero-order valence-electron chi connectivity index (χ0n) is 11.7. The second kappa shape index (κ2) is 7.45. The van der Waals surface area contributed by atoms with Crippen molar-refractivity contribution >= 4 is 11.5 Å². The standard InChI is InChI=1S/C15H20N4O/c1-2-9-20-15-11-17-10-14(19-15)18-13-5-3-12(4-6-13)7-8-16/h3-6,10-11H,2,7-9,16H2,1H3,(H,18,19). The molecule has 0 aliphatic carbocycles. The van der Waals surface area contributed by atoms with Crippen LogP contribution < -0.4 is 15.8 Å². The van der Waals surface area contributed by atoms with E-state index in [-0.39, 0.29) is 0 Å². The molecule has 2 aromatic rings. The molecule has 1 aromatic carbocycles. The molecule has 2 rings (SSSR count). The van der Waals surface area contributed by atoms with Crippen molar-refractivity contribution in [3.8, 4) is 5.88 Å². The smallest absolute Gasteiger partial charge is 0.234 e. The van der Waals surface area contributed by atoms with Gasteiger partial charge in [0.05, 0.1) is 19.0 Å². The van der Waals surface area contributed by atoms with Crippen LogP contribution in [0.4, 0.5) is 11.5 Å². The molecular weight excluding hydrogens is 252 g/mol. The predicted octanol–water partition coefficient (Wildman–Crippen LogP) is 2.51. The molecule has 0 fully saturated rings. The van der Waals surface area contributed by atoms with Crippen molar-refractivity contribution in [3.05, 3.63) is 42.2 Å². The molecule has 0 spiro atoms. The van der Waals surface area contributed by atoms with Crippen LogP contribution in [0.2, 0.25) is 0 Å². The monoisotopic (exact) mass is 272 g/mol. The van der Waals surface area contributed by atoms with E-state index in [0.29, 0.717) is 24.8 Å². The Labute approximate surface area is 119 Å². The zero-order valence-corrected chi connectivity index (χ0v) is 11.7. The number of aromatic nitrogens is 2. The number of rotatable bonds is 7. The number of nitrogens with one attached hydrogen (secondary N) is 1. The number of hydrogen-bond donors (Lipinski definition) is 2. The Morgan fingerprint density at radius 1 is 1.20 bits per heavy atom. The van der Waals surface area contributed by atoms with Crippen LogP contribution in [0.15, 0.2) is 36.7 Å². The molecule has 0 unspecified atom stereocenters. The van der Waals surface area contributed by atoms with Crippen molar-refractivity contribution in [2.24, 2.45) is 5.73 Å². The van der Waals surface area contributed by atoms with Crippen LogP contribution in [0.5, 0.6) is 5.88 Å². The Morgan fingerprint density at radius 3 is 2.70 bits per heavy atom. The second-order valence-corrected chi connectivity index (χ2v) is 4.45. The highest BCUT2D eigenvalue weighted by Crippen LogP contribution is 2.17. The molecule has 0 amide bonds. The van der Waals surface area contributed by atoms with E-state index in [0.717, 1.165) is 18.5 Å². The summed E-state index contributed by atoms with van der Waals surface area (Å²) in [6.07, 6.45) is 5.13. The third kappa shape index (κ3) is 4.20. The van der Waals surface area contributed by atoms with Gasteiger partial charge >= 0.3 is 0 Å². The number of benzene rings is 1. The Hall–Kier alpha value is -2.14. The van der Waals surface area contributed by atoms with E-state index in [1.807, 2.05) is 12.1 Å². The van der Waals surface area contributed by atoms with Gasteiger partial charge in [0.15, 0.2) is 5.82 Å². The molecule has 0 aliphatic heterocycles. The van der Waals surface area contributed by atoms with Gasteiger partial charge in [-0.15, -0.1) is 0 Å². The minimum Gasteiger partial charge on any atom is -0.477 e. The van der Waals surface area contributed by atoms with Gasteiger partial charge in [0.25, 0.3) is 0 Å². The third-order valence-corrected chi connectivity index (χ3v) is 2.73. The summed E-state index contributed by atoms with van der Waals surface area (Å²) in [6.45, 7) is 3.36. The first-order chi connectivity index (χ1) is 9.81. The van der Waals surface area contributed by atoms with E-state index in [9.17, 15) is 0 Å². The normalized spacial score (nSPS) is 10.3. The van der Waals surface area contributed by atoms with Crippen molar-refractivity contribution in [2.75, 3.05) is 18.5 Å². The summed E-state index contributed by atoms with van der Waals surface area (Å²) in [7, 11) is 0. The fourth-order valence-corrected chi connectivity index (χ4v) is 1.75. The summed E-state index contributed by atoms with van der Waals surface area (Å²) in [4.78, 5) is 8.46. The molecule has 3 N–H and O–H groups in total. The van der Waals surface area contributed by atoms with E-state index < -0.39 is 0 Å². The van der Waals surface area contributed by atoms with Gasteiger partial charge in [-0.1, -0.05) is 19.1 Å². The molecule has 5 nitrogen and oxygen atoms in total. The second-order valence-electron chi connectivity index (χ2n) is 4.45. The summed E-state index contributed by atoms with van der Waals surface area (Å²) in [5, 5.41) is 3.21. The Bertz CT molecular complexity index is 528. The summed E-state index contributed by atoms with van der Waals surface area (Å²) in [5.41, 5.74) is 7.72. The lowest BCUT2D eigenvalue weighted by atomic mass is 10.1. The topological polar surface area (TPSA) is 73.1 Å². The maximum Gasteiger partial charge on any atom is 0.234 e. The van der Waals surface area contributed by atoms with E-state index in [4.69, 9.17) is 10.5 Å². The van der Waals surface area contributed by atoms with Crippen LogP contribution in [-0.4, -0.2) is 23.1 Å². The molecule has 1 aromatic heterocycles. The fraction of sp³-hybridized carbons (Fsp3) is 0.333. The van der Waals surface area contributed by atoms with Crippen molar-refractivity contribution < 1.29 is 4.74 Å². The van der Waals surface area contributed by atoms with E-state index in [1.165, 1.54) is 5.56 Å². The van der Waals surface area contributed by atoms with E-state index in [2.05, 4.69) is 34.3 Å². The number of nitrogens with zero attached hydrogens (tertiary/aromatic N) is 2. The van der Waals surface area contributed by atoms with Crippen LogP contribution in [0.25, 0.3) is 0 Å². The van der Waals surface area contributed by atoms with Crippen LogP contribution >= 0.6 is 0 Å². The minimum absolute atomic E-state index is 0.539. The van der Waals surface area contributed by atoms with Crippen molar-refractivity contribution in [1.29, 1.82) is 0 Å². The molecule has 0 aliphatic rings. The van der Waals surface area contributed by atoms with Crippen LogP contribution in [0.1, 0.15) is 18.9 Å². The molecule has 0 saturated heterocycles. The van der Waals surface area contributed by atoms with Gasteiger partial charge in [0.1, 0.15) is 0 Å². The maximum absolute atomic E-state index is 5.53. The highest BCUT2D eigenvalue weighted by molar-refractivity contribution is 5.55. The Balaban J connectivity index is 2.01. The van der Waals surface area contributed by atoms with Gasteiger partial charge in [0, 0.05) is 5.69 Å². The first-order valence-corrected chi connectivity index (χ1v) is 6.82. The van der Waals surface area contributed by atoms with Gasteiger partial charge in [-0.3, -0.25) is 4.98 Å². The van der Waals surface area contributed by atoms with E-state index >= 15 is 0 Å². The van der Waals surface area contributed by atoms with Gasteiger partial charge in [-0.25, -0.2) is 0 Å². The average Bonchev–Trinajstić information content (AvgIpc) is 2.48. The van der Waals surface area contributed by atoms with Gasteiger partial charge in [0.2, 0.25) is 5.88 Å². The molecule has 5 heteroatoms. The average molecular weight is 272 g/mol. The quantitative estimate of drug-likeness (QED) is 0.810. The predicted molar refractivity (Wildman–Crippen MR) is 80.3 cm³/mol. The first-order valence-electron chi connectivity index (χ1n) is 6.82. The Morgan fingerprint density at radius 2 is 2.00 bits per heavy atom. The Kier molecular flexibility index (Phi) is 5.32. The lowest BCUT2D eigenvalue weighted by molar-refractivity contribution is 0.304. The largest absolute Gasteiger partial charge is 0.477 e. The molecule has 20 heavy (non-hydrogen) atoms. The number of anilines is 2. The molecule has 0 atom stereocenters. The molecule has 1 heterocycles. The number of nitrogens with two attached hydrogens (primary N) is 1. The molecule has 0 bridgehead atoms. The van der Waals surface area contributed by atoms with Gasteiger partial charge < -0.3 is 15.8 Å². The molecular formula is C15H20N4O. The van der Waals surface area contributed by atoms with Crippen LogP contribution in [-0.2, 0) is 6.42 Å². The summed E-state index contributed by atoms with van der Waals surface area (Å²) in [5.74, 6) is 1.21. The molecule has 0 saturated carbocycles. The van der Waals surface area contributed by atoms with Crippen molar-refractivity contribution in [3.63, 3.8) is 0 Å². The summed E-state index contributed by atoms with van der Waals surface area (Å²) >= 11 is 0. The summed E-state index contributed by atoms with van der Waals surface area (Å²) in [6, 6.07) is 8.12. The number of ether oxygens (including phenoxy) is 1. The van der Waals surface area contributed by atoms with E-state index in [1.54, 1.807) is 12.4 Å².